The molecule has 0 aromatic heterocycles. The molecule has 5 heteroatoms. The van der Waals surface area contributed by atoms with Gasteiger partial charge < -0.3 is 0 Å². The van der Waals surface area contributed by atoms with Gasteiger partial charge in [0.1, 0.15) is 5.92 Å². The Labute approximate surface area is 92.5 Å². The molecule has 82 valence electrons. The van der Waals surface area contributed by atoms with Crippen LogP contribution in [0.15, 0.2) is 24.3 Å². The summed E-state index contributed by atoms with van der Waals surface area (Å²) in [5.41, 5.74) is 0.448. The number of hydrogen-bond donors (Lipinski definition) is 0. The fourth-order valence-electron chi connectivity index (χ4n) is 1.33. The lowest BCUT2D eigenvalue weighted by Gasteiger charge is -2.05. The minimum atomic E-state index is -0.828. The zero-order valence-electron chi connectivity index (χ0n) is 8.71. The van der Waals surface area contributed by atoms with E-state index in [1.165, 1.54) is 24.3 Å². The Morgan fingerprint density at radius 1 is 1.50 bits per heavy atom. The highest BCUT2D eigenvalue weighted by Gasteiger charge is 2.18. The van der Waals surface area contributed by atoms with Crippen LogP contribution in [0.25, 0.3) is 0 Å². The zero-order valence-corrected chi connectivity index (χ0v) is 8.71. The summed E-state index contributed by atoms with van der Waals surface area (Å²) < 4.78 is 0. The molecule has 0 saturated carbocycles. The number of benzene rings is 1. The molecule has 16 heavy (non-hydrogen) atoms. The first-order chi connectivity index (χ1) is 7.60. The number of ketones is 1. The molecule has 1 unspecified atom stereocenters. The number of nitriles is 1. The van der Waals surface area contributed by atoms with Crippen molar-refractivity contribution in [2.45, 2.75) is 19.3 Å². The summed E-state index contributed by atoms with van der Waals surface area (Å²) in [7, 11) is 0. The normalized spacial score (nSPS) is 11.5. The van der Waals surface area contributed by atoms with Crippen LogP contribution < -0.4 is 0 Å². The van der Waals surface area contributed by atoms with Gasteiger partial charge in [-0.15, -0.1) is 0 Å². The molecule has 0 saturated heterocycles. The van der Waals surface area contributed by atoms with E-state index in [0.717, 1.165) is 0 Å². The van der Waals surface area contributed by atoms with Gasteiger partial charge in [0.2, 0.25) is 0 Å². The molecule has 1 aromatic rings. The summed E-state index contributed by atoms with van der Waals surface area (Å²) in [6.07, 6.45) is 0.273. The van der Waals surface area contributed by atoms with Crippen molar-refractivity contribution in [2.75, 3.05) is 0 Å². The predicted octanol–water partition coefficient (Wildman–Crippen LogP) is 2.18. The van der Waals surface area contributed by atoms with E-state index in [1.54, 1.807) is 6.92 Å². The second-order valence-corrected chi connectivity index (χ2v) is 3.23. The Hall–Kier alpha value is -2.22. The highest BCUT2D eigenvalue weighted by molar-refractivity contribution is 5.88. The third-order valence-electron chi connectivity index (χ3n) is 2.24. The second-order valence-electron chi connectivity index (χ2n) is 3.23. The molecule has 0 bridgehead atoms. The fraction of sp³-hybridized carbons (Fsp3) is 0.273. The van der Waals surface area contributed by atoms with E-state index in [2.05, 4.69) is 0 Å². The number of carbonyl (C=O) groups excluding carboxylic acids is 1. The van der Waals surface area contributed by atoms with Crippen molar-refractivity contribution in [1.82, 2.24) is 0 Å². The molecule has 1 aromatic carbocycles. The molecular weight excluding hydrogens is 208 g/mol. The summed E-state index contributed by atoms with van der Waals surface area (Å²) in [6.45, 7) is 1.68. The maximum absolute atomic E-state index is 11.4. The molecule has 5 nitrogen and oxygen atoms in total. The van der Waals surface area contributed by atoms with Gasteiger partial charge in [-0.1, -0.05) is 19.1 Å². The molecule has 0 aliphatic heterocycles. The zero-order chi connectivity index (χ0) is 12.1. The van der Waals surface area contributed by atoms with E-state index in [0.29, 0.717) is 5.56 Å². The summed E-state index contributed by atoms with van der Waals surface area (Å²) in [5.74, 6) is -1.01. The third-order valence-corrected chi connectivity index (χ3v) is 2.24. The van der Waals surface area contributed by atoms with Gasteiger partial charge >= 0.3 is 0 Å². The van der Waals surface area contributed by atoms with Gasteiger partial charge in [-0.2, -0.15) is 5.26 Å². The van der Waals surface area contributed by atoms with Crippen LogP contribution in [0.2, 0.25) is 0 Å². The van der Waals surface area contributed by atoms with E-state index >= 15 is 0 Å². The van der Waals surface area contributed by atoms with Gasteiger partial charge in [0, 0.05) is 18.6 Å². The van der Waals surface area contributed by atoms with Crippen molar-refractivity contribution in [3.8, 4) is 6.07 Å². The van der Waals surface area contributed by atoms with Crippen LogP contribution in [0, 0.1) is 21.4 Å². The number of rotatable bonds is 4. The highest BCUT2D eigenvalue weighted by atomic mass is 16.6. The van der Waals surface area contributed by atoms with Crippen LogP contribution in [-0.4, -0.2) is 10.7 Å². The van der Waals surface area contributed by atoms with E-state index in [4.69, 9.17) is 5.26 Å². The van der Waals surface area contributed by atoms with Gasteiger partial charge in [0.05, 0.1) is 11.0 Å². The van der Waals surface area contributed by atoms with Gasteiger partial charge in [0.25, 0.3) is 5.69 Å². The molecular formula is C11H10N2O3. The largest absolute Gasteiger partial charge is 0.298 e. The molecule has 0 fully saturated rings. The molecule has 1 atom stereocenters. The Kier molecular flexibility index (Phi) is 3.72. The lowest BCUT2D eigenvalue weighted by molar-refractivity contribution is -0.384. The van der Waals surface area contributed by atoms with Crippen LogP contribution in [0.4, 0.5) is 5.69 Å². The van der Waals surface area contributed by atoms with Gasteiger partial charge in [0.15, 0.2) is 5.78 Å². The standard InChI is InChI=1S/C11H10N2O3/c1-2-11(14)10(7-12)8-3-5-9(6-4-8)13(15)16/h3-6,10H,2H2,1H3. The summed E-state index contributed by atoms with van der Waals surface area (Å²) in [4.78, 5) is 21.3. The quantitative estimate of drug-likeness (QED) is 0.572. The van der Waals surface area contributed by atoms with Crippen LogP contribution in [0.3, 0.4) is 0 Å². The second kappa shape index (κ2) is 5.03. The minimum Gasteiger partial charge on any atom is -0.298 e. The highest BCUT2D eigenvalue weighted by Crippen LogP contribution is 2.20. The fourth-order valence-corrected chi connectivity index (χ4v) is 1.33. The first kappa shape index (κ1) is 11.9. The number of nitro groups is 1. The average Bonchev–Trinajstić information content (AvgIpc) is 2.30. The van der Waals surface area contributed by atoms with Gasteiger partial charge in [-0.3, -0.25) is 14.9 Å². The number of Topliss-reactive ketones (excluding diaryl/α,β-unsaturated/α-hetero) is 1. The van der Waals surface area contributed by atoms with E-state index < -0.39 is 10.8 Å². The van der Waals surface area contributed by atoms with Gasteiger partial charge in [-0.05, 0) is 5.56 Å². The van der Waals surface area contributed by atoms with E-state index in [-0.39, 0.29) is 17.9 Å². The summed E-state index contributed by atoms with van der Waals surface area (Å²) in [5, 5.41) is 19.3. The molecule has 0 amide bonds. The first-order valence-electron chi connectivity index (χ1n) is 4.76. The topological polar surface area (TPSA) is 84.0 Å². The SMILES string of the molecule is CCC(=O)C(C#N)c1ccc([N+](=O)[O-])cc1. The predicted molar refractivity (Wildman–Crippen MR) is 56.7 cm³/mol. The average molecular weight is 218 g/mol. The Balaban J connectivity index is 3.01. The third kappa shape index (κ3) is 2.42. The van der Waals surface area contributed by atoms with Crippen molar-refractivity contribution in [1.29, 1.82) is 5.26 Å². The number of nitrogens with zero attached hydrogens (tertiary/aromatic N) is 2. The van der Waals surface area contributed by atoms with Crippen LogP contribution >= 0.6 is 0 Å². The van der Waals surface area contributed by atoms with Crippen molar-refractivity contribution in [3.63, 3.8) is 0 Å². The van der Waals surface area contributed by atoms with Crippen LogP contribution in [-0.2, 0) is 4.79 Å². The molecule has 0 radical (unpaired) electrons. The van der Waals surface area contributed by atoms with E-state index in [9.17, 15) is 14.9 Å². The van der Waals surface area contributed by atoms with Crippen molar-refractivity contribution < 1.29 is 9.72 Å². The smallest absolute Gasteiger partial charge is 0.269 e. The number of non-ortho nitro benzene ring substituents is 1. The van der Waals surface area contributed by atoms with Crippen molar-refractivity contribution in [3.05, 3.63) is 39.9 Å². The molecule has 0 heterocycles. The number of nitro benzene ring substituents is 1. The Morgan fingerprint density at radius 2 is 2.06 bits per heavy atom. The molecule has 1 rings (SSSR count). The molecule has 0 spiro atoms. The summed E-state index contributed by atoms with van der Waals surface area (Å²) in [6, 6.07) is 7.37. The lowest BCUT2D eigenvalue weighted by Crippen LogP contribution is -2.09. The van der Waals surface area contributed by atoms with Crippen molar-refractivity contribution >= 4 is 11.5 Å². The maximum atomic E-state index is 11.4. The lowest BCUT2D eigenvalue weighted by atomic mass is 9.95. The van der Waals surface area contributed by atoms with Crippen LogP contribution in [0.5, 0.6) is 0 Å². The number of hydrogen-bond acceptors (Lipinski definition) is 4. The monoisotopic (exact) mass is 218 g/mol. The summed E-state index contributed by atoms with van der Waals surface area (Å²) >= 11 is 0. The minimum absolute atomic E-state index is 0.0515. The molecule has 0 aliphatic rings. The Morgan fingerprint density at radius 3 is 2.44 bits per heavy atom. The van der Waals surface area contributed by atoms with Gasteiger partial charge in [-0.25, -0.2) is 0 Å². The molecule has 0 N–H and O–H groups in total. The maximum Gasteiger partial charge on any atom is 0.269 e. The van der Waals surface area contributed by atoms with Crippen LogP contribution in [0.1, 0.15) is 24.8 Å². The van der Waals surface area contributed by atoms with Crippen molar-refractivity contribution in [2.24, 2.45) is 0 Å². The van der Waals surface area contributed by atoms with E-state index in [1.807, 2.05) is 6.07 Å². The first-order valence-corrected chi connectivity index (χ1v) is 4.76. The number of carbonyl (C=O) groups is 1. The Bertz CT molecular complexity index is 445. The molecule has 0 aliphatic carbocycles.